The summed E-state index contributed by atoms with van der Waals surface area (Å²) in [5.41, 5.74) is 6.57. The number of sulfone groups is 1. The predicted molar refractivity (Wildman–Crippen MR) is 78.8 cm³/mol. The van der Waals surface area contributed by atoms with Crippen LogP contribution in [0.1, 0.15) is 18.4 Å². The molecule has 1 fully saturated rings. The average molecular weight is 313 g/mol. The summed E-state index contributed by atoms with van der Waals surface area (Å²) in [5.74, 6) is 0.958. The fraction of sp³-hybridized carbons (Fsp3) is 0.462. The number of fused-ring (bicyclic) bond motifs is 1. The van der Waals surface area contributed by atoms with Crippen LogP contribution in [-0.4, -0.2) is 31.2 Å². The van der Waals surface area contributed by atoms with Gasteiger partial charge in [-0.2, -0.15) is 0 Å². The molecule has 3 rings (SSSR count). The Hall–Kier alpha value is -1.34. The van der Waals surface area contributed by atoms with Gasteiger partial charge in [-0.1, -0.05) is 25.2 Å². The fourth-order valence-corrected chi connectivity index (χ4v) is 4.99. The van der Waals surface area contributed by atoms with E-state index >= 15 is 0 Å². The van der Waals surface area contributed by atoms with E-state index in [0.29, 0.717) is 11.5 Å². The highest BCUT2D eigenvalue weighted by Gasteiger charge is 2.59. The van der Waals surface area contributed by atoms with Crippen LogP contribution in [0, 0.1) is 5.92 Å². The van der Waals surface area contributed by atoms with Gasteiger partial charge in [-0.3, -0.25) is 0 Å². The Bertz CT molecular complexity index is 671. The van der Waals surface area contributed by atoms with Crippen molar-refractivity contribution in [3.05, 3.63) is 23.8 Å². The van der Waals surface area contributed by atoms with Gasteiger partial charge in [0.05, 0.1) is 10.2 Å². The first-order chi connectivity index (χ1) is 9.45. The van der Waals surface area contributed by atoms with Crippen molar-refractivity contribution in [1.29, 1.82) is 0 Å². The summed E-state index contributed by atoms with van der Waals surface area (Å²) in [4.78, 5) is 0.259. The molecule has 1 aliphatic carbocycles. The Kier molecular flexibility index (Phi) is 3.13. The van der Waals surface area contributed by atoms with Crippen LogP contribution in [0.2, 0.25) is 0 Å². The highest BCUT2D eigenvalue weighted by Crippen LogP contribution is 2.54. The molecule has 0 amide bonds. The van der Waals surface area contributed by atoms with Gasteiger partial charge in [0.15, 0.2) is 21.3 Å². The van der Waals surface area contributed by atoms with Gasteiger partial charge in [0, 0.05) is 17.6 Å². The maximum atomic E-state index is 12.1. The summed E-state index contributed by atoms with van der Waals surface area (Å²) in [7, 11) is -3.17. The molecule has 0 aromatic heterocycles. The van der Waals surface area contributed by atoms with Gasteiger partial charge in [-0.15, -0.1) is 0 Å². The molecule has 1 aromatic carbocycles. The van der Waals surface area contributed by atoms with Crippen LogP contribution in [0.5, 0.6) is 11.5 Å². The zero-order valence-corrected chi connectivity index (χ0v) is 12.5. The summed E-state index contributed by atoms with van der Waals surface area (Å²) >= 11 is 5.01. The lowest BCUT2D eigenvalue weighted by Crippen LogP contribution is -2.18. The Balaban J connectivity index is 1.95. The van der Waals surface area contributed by atoms with Crippen LogP contribution in [-0.2, 0) is 9.84 Å². The highest BCUT2D eigenvalue weighted by molar-refractivity contribution is 7.92. The van der Waals surface area contributed by atoms with Crippen molar-refractivity contribution in [2.45, 2.75) is 18.1 Å². The summed E-state index contributed by atoms with van der Waals surface area (Å²) in [6.45, 7) is 1.83. The van der Waals surface area contributed by atoms with E-state index in [4.69, 9.17) is 27.4 Å². The minimum absolute atomic E-state index is 0.0951. The molecular formula is C13H15NO4S2. The smallest absolute Gasteiger partial charge is 0.231 e. The Labute approximate surface area is 123 Å². The summed E-state index contributed by atoms with van der Waals surface area (Å²) in [6.07, 6.45) is 0. The van der Waals surface area contributed by atoms with Gasteiger partial charge in [0.25, 0.3) is 0 Å². The van der Waals surface area contributed by atoms with E-state index < -0.39 is 15.1 Å². The molecule has 3 atom stereocenters. The first-order valence-corrected chi connectivity index (χ1v) is 8.48. The van der Waals surface area contributed by atoms with Crippen molar-refractivity contribution in [2.24, 2.45) is 11.7 Å². The third-order valence-corrected chi connectivity index (χ3v) is 6.37. The monoisotopic (exact) mass is 313 g/mol. The first kappa shape index (κ1) is 13.6. The Morgan fingerprint density at radius 1 is 1.40 bits per heavy atom. The second-order valence-corrected chi connectivity index (χ2v) is 7.90. The Morgan fingerprint density at radius 3 is 2.75 bits per heavy atom. The van der Waals surface area contributed by atoms with E-state index in [1.807, 2.05) is 12.1 Å². The molecule has 0 spiro atoms. The summed E-state index contributed by atoms with van der Waals surface area (Å²) in [5, 5.41) is -0.509. The number of rotatable bonds is 4. The summed E-state index contributed by atoms with van der Waals surface area (Å²) < 4.78 is 34.8. The average Bonchev–Trinajstić information content (AvgIpc) is 3.02. The number of thiocarbonyl (C=S) groups is 1. The quantitative estimate of drug-likeness (QED) is 0.842. The zero-order valence-electron chi connectivity index (χ0n) is 10.9. The van der Waals surface area contributed by atoms with Gasteiger partial charge in [0.1, 0.15) is 0 Å². The lowest BCUT2D eigenvalue weighted by molar-refractivity contribution is 0.174. The second kappa shape index (κ2) is 4.60. The standard InChI is InChI=1S/C13H15NO4S2/c1-2-20(15,16)12-10(11(12)13(14)19)7-3-4-8-9(5-7)18-6-17-8/h3-5,10-12H,2,6H2,1H3,(H2,14,19)/t10-,11+,12+/m0/s1. The summed E-state index contributed by atoms with van der Waals surface area (Å²) in [6, 6.07) is 5.47. The van der Waals surface area contributed by atoms with Crippen LogP contribution < -0.4 is 15.2 Å². The van der Waals surface area contributed by atoms with E-state index in [0.717, 1.165) is 5.56 Å². The van der Waals surface area contributed by atoms with E-state index in [9.17, 15) is 8.42 Å². The second-order valence-electron chi connectivity index (χ2n) is 4.98. The molecule has 2 aliphatic rings. The van der Waals surface area contributed by atoms with Crippen molar-refractivity contribution < 1.29 is 17.9 Å². The van der Waals surface area contributed by atoms with Crippen LogP contribution in [0.25, 0.3) is 0 Å². The van der Waals surface area contributed by atoms with E-state index in [1.165, 1.54) is 0 Å². The molecule has 108 valence electrons. The minimum Gasteiger partial charge on any atom is -0.454 e. The zero-order chi connectivity index (χ0) is 14.5. The third kappa shape index (κ3) is 2.05. The third-order valence-electron chi connectivity index (χ3n) is 3.88. The van der Waals surface area contributed by atoms with Crippen LogP contribution >= 0.6 is 12.2 Å². The molecule has 1 saturated carbocycles. The molecule has 20 heavy (non-hydrogen) atoms. The van der Waals surface area contributed by atoms with Gasteiger partial charge < -0.3 is 15.2 Å². The van der Waals surface area contributed by atoms with Crippen molar-refractivity contribution in [2.75, 3.05) is 12.5 Å². The lowest BCUT2D eigenvalue weighted by Gasteiger charge is -2.02. The van der Waals surface area contributed by atoms with E-state index in [-0.39, 0.29) is 29.4 Å². The maximum Gasteiger partial charge on any atom is 0.231 e. The number of hydrogen-bond donors (Lipinski definition) is 1. The molecule has 5 nitrogen and oxygen atoms in total. The molecule has 0 unspecified atom stereocenters. The number of ether oxygens (including phenoxy) is 2. The Morgan fingerprint density at radius 2 is 2.10 bits per heavy atom. The number of benzene rings is 1. The van der Waals surface area contributed by atoms with Gasteiger partial charge in [-0.05, 0) is 17.7 Å². The lowest BCUT2D eigenvalue weighted by atomic mass is 10.1. The molecule has 1 heterocycles. The highest BCUT2D eigenvalue weighted by atomic mass is 32.2. The van der Waals surface area contributed by atoms with Gasteiger partial charge in [0.2, 0.25) is 6.79 Å². The van der Waals surface area contributed by atoms with E-state index in [1.54, 1.807) is 13.0 Å². The van der Waals surface area contributed by atoms with Gasteiger partial charge >= 0.3 is 0 Å². The minimum atomic E-state index is -3.17. The maximum absolute atomic E-state index is 12.1. The largest absolute Gasteiger partial charge is 0.454 e. The topological polar surface area (TPSA) is 78.6 Å². The number of hydrogen-bond acceptors (Lipinski definition) is 5. The first-order valence-electron chi connectivity index (χ1n) is 6.36. The molecule has 1 aliphatic heterocycles. The molecular weight excluding hydrogens is 298 g/mol. The molecule has 7 heteroatoms. The number of nitrogens with two attached hydrogens (primary N) is 1. The van der Waals surface area contributed by atoms with E-state index in [2.05, 4.69) is 0 Å². The normalized spacial score (nSPS) is 27.4. The fourth-order valence-electron chi connectivity index (χ4n) is 2.78. The molecule has 2 N–H and O–H groups in total. The van der Waals surface area contributed by atoms with Gasteiger partial charge in [-0.25, -0.2) is 8.42 Å². The molecule has 0 bridgehead atoms. The van der Waals surface area contributed by atoms with Crippen molar-refractivity contribution >= 4 is 27.0 Å². The SMILES string of the molecule is CCS(=O)(=O)[C@H]1[C@H](C(N)=S)[C@@H]1c1ccc2c(c1)OCO2. The van der Waals surface area contributed by atoms with Crippen molar-refractivity contribution in [3.8, 4) is 11.5 Å². The van der Waals surface area contributed by atoms with Crippen LogP contribution in [0.3, 0.4) is 0 Å². The van der Waals surface area contributed by atoms with Crippen molar-refractivity contribution in [3.63, 3.8) is 0 Å². The molecule has 0 radical (unpaired) electrons. The van der Waals surface area contributed by atoms with Crippen LogP contribution in [0.15, 0.2) is 18.2 Å². The molecule has 1 aromatic rings. The van der Waals surface area contributed by atoms with Crippen LogP contribution in [0.4, 0.5) is 0 Å². The molecule has 0 saturated heterocycles. The predicted octanol–water partition coefficient (Wildman–Crippen LogP) is 1.22. The van der Waals surface area contributed by atoms with Crippen molar-refractivity contribution in [1.82, 2.24) is 0 Å².